The second-order valence-corrected chi connectivity index (χ2v) is 4.34. The lowest BCUT2D eigenvalue weighted by atomic mass is 10.1. The summed E-state index contributed by atoms with van der Waals surface area (Å²) in [5.74, 6) is 0.284. The molecule has 0 aliphatic carbocycles. The maximum Gasteiger partial charge on any atom is 0.343 e. The molecule has 1 unspecified atom stereocenters. The van der Waals surface area contributed by atoms with Crippen LogP contribution in [0.5, 0.6) is 11.5 Å². The fraction of sp³-hybridized carbons (Fsp3) is 0.188. The van der Waals surface area contributed by atoms with E-state index < -0.39 is 12.1 Å². The topological polar surface area (TPSA) is 55.8 Å². The van der Waals surface area contributed by atoms with Crippen molar-refractivity contribution in [1.29, 1.82) is 0 Å². The van der Waals surface area contributed by atoms with E-state index in [0.29, 0.717) is 22.6 Å². The third kappa shape index (κ3) is 3.16. The van der Waals surface area contributed by atoms with Crippen LogP contribution in [0.25, 0.3) is 0 Å². The fourth-order valence-electron chi connectivity index (χ4n) is 1.76. The second kappa shape index (κ2) is 6.21. The summed E-state index contributed by atoms with van der Waals surface area (Å²) >= 11 is 0. The third-order valence-corrected chi connectivity index (χ3v) is 2.88. The van der Waals surface area contributed by atoms with Crippen molar-refractivity contribution in [1.82, 2.24) is 0 Å². The Kier molecular flexibility index (Phi) is 4.38. The maximum atomic E-state index is 12.0. The van der Waals surface area contributed by atoms with Gasteiger partial charge in [0.1, 0.15) is 0 Å². The summed E-state index contributed by atoms with van der Waals surface area (Å²) < 4.78 is 10.5. The molecular formula is C16H16O4. The van der Waals surface area contributed by atoms with Crippen molar-refractivity contribution in [3.05, 3.63) is 59.7 Å². The lowest BCUT2D eigenvalue weighted by Crippen LogP contribution is -2.09. The molecule has 1 atom stereocenters. The number of hydrogen-bond donors (Lipinski definition) is 1. The van der Waals surface area contributed by atoms with Crippen molar-refractivity contribution in [2.75, 3.05) is 7.11 Å². The Balaban J connectivity index is 2.23. The van der Waals surface area contributed by atoms with E-state index in [2.05, 4.69) is 0 Å². The molecule has 0 bridgehead atoms. The zero-order valence-electron chi connectivity index (χ0n) is 11.4. The number of rotatable bonds is 4. The largest absolute Gasteiger partial charge is 0.493 e. The van der Waals surface area contributed by atoms with Crippen LogP contribution in [-0.2, 0) is 0 Å². The molecule has 2 aromatic rings. The molecule has 4 heteroatoms. The van der Waals surface area contributed by atoms with Crippen molar-refractivity contribution in [2.24, 2.45) is 0 Å². The number of hydrogen-bond acceptors (Lipinski definition) is 4. The molecule has 1 N–H and O–H groups in total. The van der Waals surface area contributed by atoms with Crippen LogP contribution in [-0.4, -0.2) is 18.2 Å². The molecular weight excluding hydrogens is 256 g/mol. The van der Waals surface area contributed by atoms with Crippen LogP contribution in [0.3, 0.4) is 0 Å². The van der Waals surface area contributed by atoms with Gasteiger partial charge < -0.3 is 14.6 Å². The molecule has 2 rings (SSSR count). The highest BCUT2D eigenvalue weighted by Gasteiger charge is 2.13. The van der Waals surface area contributed by atoms with Crippen LogP contribution < -0.4 is 9.47 Å². The maximum absolute atomic E-state index is 12.0. The Hall–Kier alpha value is -2.33. The predicted molar refractivity (Wildman–Crippen MR) is 75.0 cm³/mol. The summed E-state index contributed by atoms with van der Waals surface area (Å²) in [5, 5.41) is 9.53. The fourth-order valence-corrected chi connectivity index (χ4v) is 1.76. The molecule has 2 aromatic carbocycles. The highest BCUT2D eigenvalue weighted by molar-refractivity contribution is 5.91. The lowest BCUT2D eigenvalue weighted by Gasteiger charge is -2.12. The molecule has 0 aromatic heterocycles. The van der Waals surface area contributed by atoms with Gasteiger partial charge in [0.15, 0.2) is 11.5 Å². The first kappa shape index (κ1) is 14.1. The lowest BCUT2D eigenvalue weighted by molar-refractivity contribution is 0.0729. The molecule has 0 amide bonds. The van der Waals surface area contributed by atoms with E-state index >= 15 is 0 Å². The van der Waals surface area contributed by atoms with E-state index in [4.69, 9.17) is 9.47 Å². The van der Waals surface area contributed by atoms with Gasteiger partial charge in [-0.15, -0.1) is 0 Å². The molecule has 0 fully saturated rings. The average Bonchev–Trinajstić information content (AvgIpc) is 2.48. The van der Waals surface area contributed by atoms with Gasteiger partial charge in [-0.25, -0.2) is 4.79 Å². The summed E-state index contributed by atoms with van der Waals surface area (Å²) in [7, 11) is 1.49. The third-order valence-electron chi connectivity index (χ3n) is 2.88. The highest BCUT2D eigenvalue weighted by atomic mass is 16.6. The number of carbonyl (C=O) groups excluding carboxylic acids is 1. The van der Waals surface area contributed by atoms with Gasteiger partial charge in [-0.3, -0.25) is 0 Å². The minimum absolute atomic E-state index is 0.325. The molecule has 0 heterocycles. The van der Waals surface area contributed by atoms with Gasteiger partial charge in [-0.2, -0.15) is 0 Å². The average molecular weight is 272 g/mol. The highest BCUT2D eigenvalue weighted by Crippen LogP contribution is 2.30. The van der Waals surface area contributed by atoms with Crippen molar-refractivity contribution in [3.8, 4) is 11.5 Å². The van der Waals surface area contributed by atoms with E-state index in [9.17, 15) is 9.90 Å². The zero-order valence-corrected chi connectivity index (χ0v) is 11.4. The van der Waals surface area contributed by atoms with Gasteiger partial charge in [-0.1, -0.05) is 24.3 Å². The Morgan fingerprint density at radius 3 is 2.40 bits per heavy atom. The Labute approximate surface area is 117 Å². The van der Waals surface area contributed by atoms with Crippen molar-refractivity contribution < 1.29 is 19.4 Å². The van der Waals surface area contributed by atoms with Gasteiger partial charge in [-0.05, 0) is 36.8 Å². The van der Waals surface area contributed by atoms with Crippen LogP contribution in [0.1, 0.15) is 28.9 Å². The molecule has 0 radical (unpaired) electrons. The minimum atomic E-state index is -0.609. The molecule has 0 aliphatic heterocycles. The summed E-state index contributed by atoms with van der Waals surface area (Å²) in [4.78, 5) is 12.0. The van der Waals surface area contributed by atoms with E-state index in [1.807, 2.05) is 6.07 Å². The van der Waals surface area contributed by atoms with E-state index in [1.54, 1.807) is 49.4 Å². The van der Waals surface area contributed by atoms with Gasteiger partial charge in [0.05, 0.1) is 18.8 Å². The molecule has 0 spiro atoms. The first-order valence-corrected chi connectivity index (χ1v) is 6.25. The second-order valence-electron chi connectivity index (χ2n) is 4.34. The predicted octanol–water partition coefficient (Wildman–Crippen LogP) is 2.97. The molecule has 20 heavy (non-hydrogen) atoms. The SMILES string of the molecule is COc1cc(C(C)O)ccc1OC(=O)c1ccccc1. The first-order valence-electron chi connectivity index (χ1n) is 6.25. The van der Waals surface area contributed by atoms with E-state index in [-0.39, 0.29) is 0 Å². The number of aliphatic hydroxyl groups excluding tert-OH is 1. The summed E-state index contributed by atoms with van der Waals surface area (Å²) in [5.41, 5.74) is 1.16. The van der Waals surface area contributed by atoms with E-state index in [0.717, 1.165) is 0 Å². The Morgan fingerprint density at radius 1 is 1.10 bits per heavy atom. The van der Waals surface area contributed by atoms with Crippen molar-refractivity contribution in [3.63, 3.8) is 0 Å². The normalized spacial score (nSPS) is 11.8. The smallest absolute Gasteiger partial charge is 0.343 e. The van der Waals surface area contributed by atoms with Crippen LogP contribution in [0, 0.1) is 0 Å². The summed E-state index contributed by atoms with van der Waals surface area (Å²) in [6, 6.07) is 13.7. The molecule has 104 valence electrons. The Bertz CT molecular complexity index is 591. The van der Waals surface area contributed by atoms with Gasteiger partial charge in [0.2, 0.25) is 0 Å². The number of aliphatic hydroxyl groups is 1. The quantitative estimate of drug-likeness (QED) is 0.686. The number of esters is 1. The summed E-state index contributed by atoms with van der Waals surface area (Å²) in [6.45, 7) is 1.66. The monoisotopic (exact) mass is 272 g/mol. The number of benzene rings is 2. The van der Waals surface area contributed by atoms with Gasteiger partial charge in [0.25, 0.3) is 0 Å². The van der Waals surface area contributed by atoms with Crippen LogP contribution in [0.2, 0.25) is 0 Å². The number of ether oxygens (including phenoxy) is 2. The van der Waals surface area contributed by atoms with Crippen LogP contribution >= 0.6 is 0 Å². The van der Waals surface area contributed by atoms with Gasteiger partial charge >= 0.3 is 5.97 Å². The standard InChI is InChI=1S/C16H16O4/c1-11(17)13-8-9-14(15(10-13)19-2)20-16(18)12-6-4-3-5-7-12/h3-11,17H,1-2H3. The van der Waals surface area contributed by atoms with Gasteiger partial charge in [0, 0.05) is 0 Å². The van der Waals surface area contributed by atoms with E-state index in [1.165, 1.54) is 7.11 Å². The minimum Gasteiger partial charge on any atom is -0.493 e. The van der Waals surface area contributed by atoms with Crippen molar-refractivity contribution >= 4 is 5.97 Å². The molecule has 0 saturated heterocycles. The summed E-state index contributed by atoms with van der Waals surface area (Å²) in [6.07, 6.45) is -0.609. The number of methoxy groups -OCH3 is 1. The Morgan fingerprint density at radius 2 is 1.80 bits per heavy atom. The molecule has 4 nitrogen and oxygen atoms in total. The molecule has 0 aliphatic rings. The van der Waals surface area contributed by atoms with Crippen LogP contribution in [0.15, 0.2) is 48.5 Å². The van der Waals surface area contributed by atoms with Crippen LogP contribution in [0.4, 0.5) is 0 Å². The first-order chi connectivity index (χ1) is 9.61. The zero-order chi connectivity index (χ0) is 14.5. The van der Waals surface area contributed by atoms with Crippen molar-refractivity contribution in [2.45, 2.75) is 13.0 Å². The molecule has 0 saturated carbocycles. The number of carbonyl (C=O) groups is 1.